The fourth-order valence-corrected chi connectivity index (χ4v) is 4.03. The van der Waals surface area contributed by atoms with E-state index in [0.29, 0.717) is 45.8 Å². The van der Waals surface area contributed by atoms with Crippen LogP contribution in [0.4, 0.5) is 20.3 Å². The maximum Gasteiger partial charge on any atom is 0.303 e. The van der Waals surface area contributed by atoms with Gasteiger partial charge in [-0.3, -0.25) is 9.59 Å². The Balaban J connectivity index is 1.70. The van der Waals surface area contributed by atoms with Crippen LogP contribution < -0.4 is 5.32 Å². The third kappa shape index (κ3) is 6.06. The summed E-state index contributed by atoms with van der Waals surface area (Å²) in [5.74, 6) is -2.33. The minimum Gasteiger partial charge on any atom is -0.447 e. The van der Waals surface area contributed by atoms with E-state index in [-0.39, 0.29) is 5.56 Å². The van der Waals surface area contributed by atoms with Crippen molar-refractivity contribution in [1.29, 1.82) is 0 Å². The van der Waals surface area contributed by atoms with Crippen LogP contribution in [0.3, 0.4) is 0 Å². The molecule has 12 heteroatoms. The van der Waals surface area contributed by atoms with E-state index in [9.17, 15) is 18.4 Å². The van der Waals surface area contributed by atoms with Crippen molar-refractivity contribution < 1.29 is 23.1 Å². The number of aliphatic imine (C=N–C) groups is 1. The monoisotopic (exact) mass is 535 g/mol. The molecule has 4 aromatic rings. The van der Waals surface area contributed by atoms with Crippen LogP contribution in [0.25, 0.3) is 16.7 Å². The summed E-state index contributed by atoms with van der Waals surface area (Å²) in [7, 11) is 3.70. The highest BCUT2D eigenvalue weighted by Gasteiger charge is 2.26. The Morgan fingerprint density at radius 1 is 1.08 bits per heavy atom. The molecule has 0 saturated carbocycles. The number of nitrogens with one attached hydrogen (secondary N) is 1. The zero-order chi connectivity index (χ0) is 28.4. The lowest BCUT2D eigenvalue weighted by Crippen LogP contribution is -2.25. The van der Waals surface area contributed by atoms with Gasteiger partial charge in [0.05, 0.1) is 17.7 Å². The summed E-state index contributed by atoms with van der Waals surface area (Å²) in [6, 6.07) is 7.63. The molecule has 1 amide bonds. The standard InChI is InChI=1S/C27H27F2N7O3/c1-14-9-21(33-27(38)25(39-17(4)37)18-10-19(28)12-20(29)11-18)7-8-22(14)36-24-23(15(2)34-36)31-16(3)32-26(24)30-13-35(5)6/h7-13,25H,1-6H3,(H,33,38)/t25-/m1/s1. The van der Waals surface area contributed by atoms with Gasteiger partial charge in [-0.15, -0.1) is 0 Å². The number of esters is 1. The Kier molecular flexibility index (Phi) is 7.65. The molecule has 2 heterocycles. The fraction of sp³-hybridized carbons (Fsp3) is 0.259. The molecule has 2 aromatic heterocycles. The van der Waals surface area contributed by atoms with Gasteiger partial charge >= 0.3 is 5.97 Å². The van der Waals surface area contributed by atoms with Gasteiger partial charge in [0, 0.05) is 38.3 Å². The SMILES string of the molecule is CC(=O)O[C@@H](C(=O)Nc1ccc(-n2nc(C)c3nc(C)nc(N=CN(C)C)c32)c(C)c1)c1cc(F)cc(F)c1. The van der Waals surface area contributed by atoms with Crippen LogP contribution in [0.15, 0.2) is 41.4 Å². The Labute approximate surface area is 223 Å². The van der Waals surface area contributed by atoms with Gasteiger partial charge in [0.25, 0.3) is 5.91 Å². The first-order valence-electron chi connectivity index (χ1n) is 11.9. The molecule has 4 rings (SSSR count). The Bertz CT molecular complexity index is 1590. The summed E-state index contributed by atoms with van der Waals surface area (Å²) >= 11 is 0. The van der Waals surface area contributed by atoms with Crippen LogP contribution in [0, 0.1) is 32.4 Å². The van der Waals surface area contributed by atoms with Gasteiger partial charge in [0.2, 0.25) is 6.10 Å². The predicted octanol–water partition coefficient (Wildman–Crippen LogP) is 4.48. The third-order valence-electron chi connectivity index (χ3n) is 5.59. The number of rotatable bonds is 7. The van der Waals surface area contributed by atoms with Crippen molar-refractivity contribution in [2.24, 2.45) is 4.99 Å². The van der Waals surface area contributed by atoms with Gasteiger partial charge in [-0.25, -0.2) is 28.4 Å². The average Bonchev–Trinajstić information content (AvgIpc) is 3.16. The summed E-state index contributed by atoms with van der Waals surface area (Å²) < 4.78 is 34.4. The molecule has 0 aliphatic heterocycles. The van der Waals surface area contributed by atoms with Crippen molar-refractivity contribution in [3.05, 3.63) is 70.7 Å². The maximum atomic E-state index is 13.8. The topological polar surface area (TPSA) is 115 Å². The van der Waals surface area contributed by atoms with Gasteiger partial charge in [-0.2, -0.15) is 5.10 Å². The van der Waals surface area contributed by atoms with Crippen molar-refractivity contribution in [3.63, 3.8) is 0 Å². The number of nitrogens with zero attached hydrogens (tertiary/aromatic N) is 6. The summed E-state index contributed by atoms with van der Waals surface area (Å²) in [5, 5.41) is 7.32. The molecule has 0 radical (unpaired) electrons. The number of ether oxygens (including phenoxy) is 1. The van der Waals surface area contributed by atoms with E-state index in [1.807, 2.05) is 27.9 Å². The summed E-state index contributed by atoms with van der Waals surface area (Å²) in [4.78, 5) is 40.0. The quantitative estimate of drug-likeness (QED) is 0.211. The normalized spacial score (nSPS) is 12.1. The first-order chi connectivity index (χ1) is 18.4. The molecule has 202 valence electrons. The van der Waals surface area contributed by atoms with Gasteiger partial charge in [-0.1, -0.05) is 0 Å². The van der Waals surface area contributed by atoms with E-state index < -0.39 is 29.6 Å². The first kappa shape index (κ1) is 27.3. The molecule has 39 heavy (non-hydrogen) atoms. The average molecular weight is 536 g/mol. The second kappa shape index (κ2) is 10.9. The highest BCUT2D eigenvalue weighted by Crippen LogP contribution is 2.30. The molecular weight excluding hydrogens is 508 g/mol. The van der Waals surface area contributed by atoms with Crippen molar-refractivity contribution in [1.82, 2.24) is 24.6 Å². The number of carbonyl (C=O) groups is 2. The maximum absolute atomic E-state index is 13.8. The number of benzene rings is 2. The Morgan fingerprint density at radius 2 is 1.77 bits per heavy atom. The molecule has 0 spiro atoms. The molecular formula is C27H27F2N7O3. The number of halogens is 2. The Hall–Kier alpha value is -4.74. The predicted molar refractivity (Wildman–Crippen MR) is 142 cm³/mol. The summed E-state index contributed by atoms with van der Waals surface area (Å²) in [6.07, 6.45) is 0.0894. The van der Waals surface area contributed by atoms with Crippen LogP contribution in [0.2, 0.25) is 0 Å². The molecule has 0 bridgehead atoms. The zero-order valence-corrected chi connectivity index (χ0v) is 22.3. The second-order valence-electron chi connectivity index (χ2n) is 9.18. The number of fused-ring (bicyclic) bond motifs is 1. The molecule has 0 saturated heterocycles. The molecule has 10 nitrogen and oxygen atoms in total. The molecule has 1 N–H and O–H groups in total. The van der Waals surface area contributed by atoms with E-state index in [1.165, 1.54) is 0 Å². The van der Waals surface area contributed by atoms with E-state index in [2.05, 4.69) is 25.4 Å². The molecule has 0 aliphatic rings. The van der Waals surface area contributed by atoms with Gasteiger partial charge < -0.3 is 15.0 Å². The number of aryl methyl sites for hydroxylation is 3. The summed E-state index contributed by atoms with van der Waals surface area (Å²) in [6.45, 7) is 6.57. The third-order valence-corrected chi connectivity index (χ3v) is 5.59. The van der Waals surface area contributed by atoms with Crippen LogP contribution in [-0.4, -0.2) is 57.0 Å². The van der Waals surface area contributed by atoms with E-state index in [1.54, 1.807) is 41.0 Å². The highest BCUT2D eigenvalue weighted by atomic mass is 19.1. The smallest absolute Gasteiger partial charge is 0.303 e. The first-order valence-corrected chi connectivity index (χ1v) is 11.9. The lowest BCUT2D eigenvalue weighted by molar-refractivity contribution is -0.152. The number of amides is 1. The zero-order valence-electron chi connectivity index (χ0n) is 22.3. The molecule has 0 unspecified atom stereocenters. The molecule has 0 fully saturated rings. The fourth-order valence-electron chi connectivity index (χ4n) is 4.03. The minimum atomic E-state index is -1.55. The Morgan fingerprint density at radius 3 is 2.38 bits per heavy atom. The van der Waals surface area contributed by atoms with Crippen LogP contribution in [0.1, 0.15) is 35.7 Å². The van der Waals surface area contributed by atoms with Crippen molar-refractivity contribution in [2.75, 3.05) is 19.4 Å². The van der Waals surface area contributed by atoms with E-state index in [0.717, 1.165) is 24.6 Å². The second-order valence-corrected chi connectivity index (χ2v) is 9.18. The number of hydrogen-bond acceptors (Lipinski definition) is 7. The lowest BCUT2D eigenvalue weighted by atomic mass is 10.1. The van der Waals surface area contributed by atoms with E-state index in [4.69, 9.17) is 4.74 Å². The summed E-state index contributed by atoms with van der Waals surface area (Å²) in [5.41, 5.74) is 3.66. The van der Waals surface area contributed by atoms with Gasteiger partial charge in [-0.05, 0) is 56.7 Å². The number of anilines is 1. The van der Waals surface area contributed by atoms with Crippen LogP contribution in [-0.2, 0) is 14.3 Å². The van der Waals surface area contributed by atoms with E-state index >= 15 is 0 Å². The van der Waals surface area contributed by atoms with Crippen molar-refractivity contribution in [2.45, 2.75) is 33.8 Å². The van der Waals surface area contributed by atoms with Gasteiger partial charge in [0.15, 0.2) is 5.82 Å². The number of aromatic nitrogens is 4. The number of carbonyl (C=O) groups excluding carboxylic acids is 2. The minimum absolute atomic E-state index is 0.131. The van der Waals surface area contributed by atoms with Crippen LogP contribution in [0.5, 0.6) is 0 Å². The highest BCUT2D eigenvalue weighted by molar-refractivity contribution is 5.96. The van der Waals surface area contributed by atoms with Gasteiger partial charge in [0.1, 0.15) is 28.5 Å². The molecule has 0 aliphatic carbocycles. The van der Waals surface area contributed by atoms with Crippen molar-refractivity contribution in [3.8, 4) is 5.69 Å². The number of hydrogen-bond donors (Lipinski definition) is 1. The molecule has 2 aromatic carbocycles. The van der Waals surface area contributed by atoms with Crippen LogP contribution >= 0.6 is 0 Å². The largest absolute Gasteiger partial charge is 0.447 e. The molecule has 1 atom stereocenters. The lowest BCUT2D eigenvalue weighted by Gasteiger charge is -2.18. The van der Waals surface area contributed by atoms with Crippen molar-refractivity contribution >= 4 is 40.8 Å².